The third kappa shape index (κ3) is 4.14. The van der Waals surface area contributed by atoms with Crippen molar-refractivity contribution in [3.63, 3.8) is 0 Å². The summed E-state index contributed by atoms with van der Waals surface area (Å²) in [4.78, 5) is 29.5. The van der Waals surface area contributed by atoms with E-state index in [2.05, 4.69) is 15.4 Å². The van der Waals surface area contributed by atoms with Crippen LogP contribution in [-0.4, -0.2) is 19.3 Å². The van der Waals surface area contributed by atoms with Gasteiger partial charge >= 0.3 is 0 Å². The van der Waals surface area contributed by atoms with E-state index >= 15 is 0 Å². The molecular formula is C25H21F4N5O2. The molecule has 36 heavy (non-hydrogen) atoms. The van der Waals surface area contributed by atoms with Crippen LogP contribution >= 0.6 is 0 Å². The number of benzene rings is 1. The number of alkyl halides is 2. The number of halogens is 4. The highest BCUT2D eigenvalue weighted by atomic mass is 19.3. The lowest BCUT2D eigenvalue weighted by Crippen LogP contribution is -2.26. The number of hydrogen-bond acceptors (Lipinski definition) is 5. The topological polar surface area (TPSA) is 81.8 Å². The van der Waals surface area contributed by atoms with Crippen LogP contribution in [0.1, 0.15) is 54.5 Å². The second kappa shape index (κ2) is 8.89. The normalized spacial score (nSPS) is 18.0. The third-order valence-corrected chi connectivity index (χ3v) is 6.49. The molecule has 0 saturated heterocycles. The van der Waals surface area contributed by atoms with Crippen LogP contribution in [0, 0.1) is 11.6 Å². The lowest BCUT2D eigenvalue weighted by molar-refractivity contribution is 0.146. The Labute approximate surface area is 202 Å². The molecule has 0 aliphatic heterocycles. The first kappa shape index (κ1) is 23.7. The van der Waals surface area contributed by atoms with E-state index in [0.717, 1.165) is 16.9 Å². The van der Waals surface area contributed by atoms with Gasteiger partial charge in [0.15, 0.2) is 5.82 Å². The summed E-state index contributed by atoms with van der Waals surface area (Å²) in [6, 6.07) is 5.29. The average Bonchev–Trinajstić information content (AvgIpc) is 3.63. The van der Waals surface area contributed by atoms with Gasteiger partial charge in [-0.25, -0.2) is 22.2 Å². The van der Waals surface area contributed by atoms with Crippen molar-refractivity contribution >= 4 is 16.6 Å². The quantitative estimate of drug-likeness (QED) is 0.392. The second-order valence-electron chi connectivity index (χ2n) is 8.89. The number of nitrogens with one attached hydrogen (secondary N) is 1. The van der Waals surface area contributed by atoms with Gasteiger partial charge in [-0.2, -0.15) is 5.10 Å². The molecule has 0 unspecified atom stereocenters. The number of fused-ring (bicyclic) bond motifs is 1. The van der Waals surface area contributed by atoms with E-state index in [-0.39, 0.29) is 28.7 Å². The first-order valence-corrected chi connectivity index (χ1v) is 11.2. The Kier molecular flexibility index (Phi) is 5.85. The van der Waals surface area contributed by atoms with Gasteiger partial charge in [-0.15, -0.1) is 0 Å². The number of aromatic nitrogens is 4. The molecule has 1 aromatic carbocycles. The zero-order chi connectivity index (χ0) is 25.7. The minimum Gasteiger partial charge on any atom is -0.361 e. The van der Waals surface area contributed by atoms with Crippen LogP contribution in [0.25, 0.3) is 10.8 Å². The van der Waals surface area contributed by atoms with E-state index in [1.807, 2.05) is 0 Å². The molecule has 1 aliphatic carbocycles. The molecule has 0 radical (unpaired) electrons. The van der Waals surface area contributed by atoms with Gasteiger partial charge < -0.3 is 9.88 Å². The summed E-state index contributed by atoms with van der Waals surface area (Å²) in [5, 5.41) is 7.67. The van der Waals surface area contributed by atoms with Gasteiger partial charge in [-0.05, 0) is 25.0 Å². The smallest absolute Gasteiger partial charge is 0.274 e. The minimum absolute atomic E-state index is 0.00536. The van der Waals surface area contributed by atoms with Crippen molar-refractivity contribution in [2.45, 2.75) is 37.8 Å². The fourth-order valence-corrected chi connectivity index (χ4v) is 4.54. The second-order valence-corrected chi connectivity index (χ2v) is 8.89. The van der Waals surface area contributed by atoms with Crippen LogP contribution in [0.4, 0.5) is 23.4 Å². The summed E-state index contributed by atoms with van der Waals surface area (Å²) in [5.74, 6) is -1.44. The molecule has 1 N–H and O–H groups in total. The molecule has 7 nitrogen and oxygen atoms in total. The molecule has 1 fully saturated rings. The number of rotatable bonds is 6. The third-order valence-electron chi connectivity index (χ3n) is 6.49. The average molecular weight is 499 g/mol. The Hall–Kier alpha value is -4.02. The highest BCUT2D eigenvalue weighted by molar-refractivity contribution is 5.90. The van der Waals surface area contributed by atoms with Crippen LogP contribution in [0.2, 0.25) is 0 Å². The van der Waals surface area contributed by atoms with Crippen molar-refractivity contribution in [1.29, 1.82) is 0 Å². The lowest BCUT2D eigenvalue weighted by Gasteiger charge is -2.19. The Balaban J connectivity index is 1.55. The van der Waals surface area contributed by atoms with Gasteiger partial charge in [-0.3, -0.25) is 14.6 Å². The zero-order valence-electron chi connectivity index (χ0n) is 19.3. The molecule has 3 atom stereocenters. The number of hydrogen-bond donors (Lipinski definition) is 1. The van der Waals surface area contributed by atoms with Crippen molar-refractivity contribution in [3.8, 4) is 0 Å². The maximum atomic E-state index is 14.7. The molecular weight excluding hydrogens is 478 g/mol. The molecule has 3 aromatic heterocycles. The van der Waals surface area contributed by atoms with E-state index in [1.165, 1.54) is 42.1 Å². The van der Waals surface area contributed by atoms with Crippen molar-refractivity contribution in [3.05, 3.63) is 98.0 Å². The van der Waals surface area contributed by atoms with Crippen LogP contribution in [0.5, 0.6) is 0 Å². The Morgan fingerprint density at radius 3 is 2.56 bits per heavy atom. The molecule has 4 aromatic rings. The molecule has 186 valence electrons. The molecule has 3 heterocycles. The summed E-state index contributed by atoms with van der Waals surface area (Å²) in [5.41, 5.74) is -0.946. The molecule has 1 saturated carbocycles. The largest absolute Gasteiger partial charge is 0.361 e. The lowest BCUT2D eigenvalue weighted by atomic mass is 10.0. The van der Waals surface area contributed by atoms with Gasteiger partial charge in [0, 0.05) is 48.4 Å². The summed E-state index contributed by atoms with van der Waals surface area (Å²) < 4.78 is 57.2. The summed E-state index contributed by atoms with van der Waals surface area (Å²) >= 11 is 0. The maximum absolute atomic E-state index is 14.7. The summed E-state index contributed by atoms with van der Waals surface area (Å²) in [7, 11) is 1.41. The van der Waals surface area contributed by atoms with Crippen LogP contribution in [-0.2, 0) is 7.05 Å². The van der Waals surface area contributed by atoms with Gasteiger partial charge in [0.05, 0.1) is 23.2 Å². The SMILES string of the molecule is C[C@@H](Nc1nn(C)c(=O)c2cc(=O)n([C@@H]3C[C@H]3c3cncc(F)c3)cc12)c1cccc(C(F)F)c1F. The van der Waals surface area contributed by atoms with Crippen LogP contribution in [0.3, 0.4) is 0 Å². The monoisotopic (exact) mass is 499 g/mol. The van der Waals surface area contributed by atoms with Crippen LogP contribution in [0.15, 0.2) is 58.5 Å². The van der Waals surface area contributed by atoms with Crippen molar-refractivity contribution in [2.24, 2.45) is 7.05 Å². The van der Waals surface area contributed by atoms with E-state index < -0.39 is 40.8 Å². The zero-order valence-corrected chi connectivity index (χ0v) is 19.3. The maximum Gasteiger partial charge on any atom is 0.274 e. The molecule has 0 amide bonds. The van der Waals surface area contributed by atoms with E-state index in [4.69, 9.17) is 0 Å². The van der Waals surface area contributed by atoms with E-state index in [0.29, 0.717) is 17.4 Å². The predicted molar refractivity (Wildman–Crippen MR) is 125 cm³/mol. The van der Waals surface area contributed by atoms with Crippen molar-refractivity contribution in [1.82, 2.24) is 19.3 Å². The van der Waals surface area contributed by atoms with E-state index in [1.54, 1.807) is 13.1 Å². The number of anilines is 1. The van der Waals surface area contributed by atoms with Crippen molar-refractivity contribution < 1.29 is 17.6 Å². The highest BCUT2D eigenvalue weighted by Gasteiger charge is 2.41. The van der Waals surface area contributed by atoms with Gasteiger partial charge in [0.25, 0.3) is 17.5 Å². The predicted octanol–water partition coefficient (Wildman–Crippen LogP) is 4.61. The molecule has 1 aliphatic rings. The minimum atomic E-state index is -2.97. The molecule has 0 spiro atoms. The number of pyridine rings is 2. The van der Waals surface area contributed by atoms with Gasteiger partial charge in [0.2, 0.25) is 0 Å². The molecule has 11 heteroatoms. The fourth-order valence-electron chi connectivity index (χ4n) is 4.54. The highest BCUT2D eigenvalue weighted by Crippen LogP contribution is 2.50. The molecule has 0 bridgehead atoms. The summed E-state index contributed by atoms with van der Waals surface area (Å²) in [6.07, 6.45) is 1.77. The van der Waals surface area contributed by atoms with Crippen LogP contribution < -0.4 is 16.4 Å². The standard InChI is InChI=1S/C25H21F4N5O2/c1-12(15-4-3-5-16(22(15)27)23(28)29)31-24-19-11-34(21(35)8-18(19)25(36)33(2)32-24)20-7-17(20)13-6-14(26)10-30-9-13/h3-6,8-12,17,20,23H,7H2,1-2H3,(H,31,32)/t12-,17+,20-/m1/s1. The van der Waals surface area contributed by atoms with Gasteiger partial charge in [-0.1, -0.05) is 18.2 Å². The Morgan fingerprint density at radius 2 is 1.83 bits per heavy atom. The first-order valence-electron chi connectivity index (χ1n) is 11.2. The summed E-state index contributed by atoms with van der Waals surface area (Å²) in [6.45, 7) is 1.58. The number of nitrogens with zero attached hydrogens (tertiary/aromatic N) is 4. The van der Waals surface area contributed by atoms with E-state index in [9.17, 15) is 27.2 Å². The Morgan fingerprint density at radius 1 is 1.08 bits per heavy atom. The fraction of sp³-hybridized carbons (Fsp3) is 0.280. The van der Waals surface area contributed by atoms with Gasteiger partial charge in [0.1, 0.15) is 11.6 Å². The van der Waals surface area contributed by atoms with Crippen molar-refractivity contribution in [2.75, 3.05) is 5.32 Å². The number of aryl methyl sites for hydroxylation is 1. The Bertz CT molecular complexity index is 1600. The molecule has 5 rings (SSSR count). The first-order chi connectivity index (χ1) is 17.2.